The summed E-state index contributed by atoms with van der Waals surface area (Å²) in [6.07, 6.45) is -1.75. The van der Waals surface area contributed by atoms with Crippen LogP contribution in [0.15, 0.2) is 6.20 Å². The number of hydrogen-bond donors (Lipinski definition) is 5. The average Bonchev–Trinajstić information content (AvgIpc) is 2.61. The van der Waals surface area contributed by atoms with E-state index in [1.54, 1.807) is 0 Å². The first-order chi connectivity index (χ1) is 12.8. The average molecular weight is 454 g/mol. The highest BCUT2D eigenvalue weighted by Crippen LogP contribution is 2.30. The molecule has 0 saturated heterocycles. The minimum atomic E-state index is -1.30. The van der Waals surface area contributed by atoms with Gasteiger partial charge in [0.15, 0.2) is 18.3 Å². The number of halogens is 2. The van der Waals surface area contributed by atoms with Gasteiger partial charge in [-0.1, -0.05) is 13.8 Å². The van der Waals surface area contributed by atoms with Gasteiger partial charge in [-0.2, -0.15) is 0 Å². The summed E-state index contributed by atoms with van der Waals surface area (Å²) in [5.41, 5.74) is 0.160. The van der Waals surface area contributed by atoms with E-state index in [9.17, 15) is 24.9 Å². The number of anilines is 1. The van der Waals surface area contributed by atoms with E-state index in [0.29, 0.717) is 12.8 Å². The summed E-state index contributed by atoms with van der Waals surface area (Å²) in [6.45, 7) is 5.10. The second kappa shape index (κ2) is 12.2. The molecule has 0 fully saturated rings. The highest BCUT2D eigenvalue weighted by atomic mass is 35.5. The first kappa shape index (κ1) is 27.4. The van der Waals surface area contributed by atoms with Gasteiger partial charge in [0.05, 0.1) is 18.0 Å². The van der Waals surface area contributed by atoms with Crippen LogP contribution in [0.2, 0.25) is 0 Å². The minimum Gasteiger partial charge on any atom is -0.390 e. The number of aromatic nitrogens is 2. The largest absolute Gasteiger partial charge is 0.390 e. The molecule has 1 aromatic heterocycles. The molecular weight excluding hydrogens is 425 g/mol. The molecule has 2 rings (SSSR count). The standard InChI is InChI=1S/C17H27N5O5.2ClH/c1-4-6-11(24)20-17-21-16(27)13-15(22(17)12(25)7-5-2)19-10(8-18-13)14(26)9(3)23;;/h8-9,14,16-17,21,23,26-27H,4-7H2,1-3H3,(H,20,24);2*1H. The SMILES string of the molecule is CCCC(=O)NC1NC(O)c2ncc(C(O)C(C)O)nc2N1C(=O)CCC.Cl.Cl. The van der Waals surface area contributed by atoms with E-state index in [1.165, 1.54) is 18.0 Å². The zero-order chi connectivity index (χ0) is 20.1. The van der Waals surface area contributed by atoms with Crippen LogP contribution in [-0.4, -0.2) is 49.5 Å². The summed E-state index contributed by atoms with van der Waals surface area (Å²) in [4.78, 5) is 34.3. The van der Waals surface area contributed by atoms with Crippen molar-refractivity contribution in [3.05, 3.63) is 17.6 Å². The van der Waals surface area contributed by atoms with Gasteiger partial charge in [-0.05, 0) is 19.8 Å². The van der Waals surface area contributed by atoms with Crippen molar-refractivity contribution in [2.45, 2.75) is 71.2 Å². The number of nitrogens with zero attached hydrogens (tertiary/aromatic N) is 3. The molecule has 12 heteroatoms. The summed E-state index contributed by atoms with van der Waals surface area (Å²) >= 11 is 0. The topological polar surface area (TPSA) is 148 Å². The van der Waals surface area contributed by atoms with Crippen LogP contribution in [0.3, 0.4) is 0 Å². The maximum absolute atomic E-state index is 12.7. The normalized spacial score (nSPS) is 19.9. The van der Waals surface area contributed by atoms with E-state index in [2.05, 4.69) is 20.6 Å². The van der Waals surface area contributed by atoms with Crippen LogP contribution in [0.1, 0.15) is 70.2 Å². The van der Waals surface area contributed by atoms with Crippen molar-refractivity contribution in [1.82, 2.24) is 20.6 Å². The Morgan fingerprint density at radius 2 is 1.86 bits per heavy atom. The quantitative estimate of drug-likeness (QED) is 0.404. The molecule has 1 aromatic rings. The van der Waals surface area contributed by atoms with Crippen LogP contribution >= 0.6 is 24.8 Å². The van der Waals surface area contributed by atoms with Gasteiger partial charge >= 0.3 is 0 Å². The molecule has 1 aliphatic rings. The summed E-state index contributed by atoms with van der Waals surface area (Å²) in [7, 11) is 0. The highest BCUT2D eigenvalue weighted by Gasteiger charge is 2.38. The molecule has 29 heavy (non-hydrogen) atoms. The van der Waals surface area contributed by atoms with Gasteiger partial charge in [0.1, 0.15) is 11.8 Å². The van der Waals surface area contributed by atoms with Gasteiger partial charge in [0, 0.05) is 12.8 Å². The highest BCUT2D eigenvalue weighted by molar-refractivity contribution is 5.94. The monoisotopic (exact) mass is 453 g/mol. The molecule has 0 spiro atoms. The first-order valence-electron chi connectivity index (χ1n) is 9.08. The predicted molar refractivity (Wildman–Crippen MR) is 110 cm³/mol. The molecule has 166 valence electrons. The predicted octanol–water partition coefficient (Wildman–Crippen LogP) is 0.661. The van der Waals surface area contributed by atoms with Crippen LogP contribution < -0.4 is 15.5 Å². The fraction of sp³-hybridized carbons (Fsp3) is 0.647. The fourth-order valence-electron chi connectivity index (χ4n) is 2.74. The Hall–Kier alpha value is -1.56. The summed E-state index contributed by atoms with van der Waals surface area (Å²) < 4.78 is 0. The Morgan fingerprint density at radius 3 is 2.41 bits per heavy atom. The first-order valence-corrected chi connectivity index (χ1v) is 9.08. The maximum Gasteiger partial charge on any atom is 0.230 e. The van der Waals surface area contributed by atoms with Gasteiger partial charge in [0.25, 0.3) is 0 Å². The van der Waals surface area contributed by atoms with Gasteiger partial charge in [-0.25, -0.2) is 10.3 Å². The van der Waals surface area contributed by atoms with Crippen molar-refractivity contribution in [1.29, 1.82) is 0 Å². The summed E-state index contributed by atoms with van der Waals surface area (Å²) in [5, 5.41) is 35.4. The number of nitrogens with one attached hydrogen (secondary N) is 2. The van der Waals surface area contributed by atoms with Crippen molar-refractivity contribution in [2.75, 3.05) is 4.90 Å². The summed E-state index contributed by atoms with van der Waals surface area (Å²) in [5.74, 6) is -0.565. The molecular formula is C17H29Cl2N5O5. The smallest absolute Gasteiger partial charge is 0.230 e. The molecule has 2 amide bonds. The fourth-order valence-corrected chi connectivity index (χ4v) is 2.74. The van der Waals surface area contributed by atoms with Gasteiger partial charge in [-0.15, -0.1) is 24.8 Å². The Morgan fingerprint density at radius 1 is 1.24 bits per heavy atom. The lowest BCUT2D eigenvalue weighted by atomic mass is 10.1. The van der Waals surface area contributed by atoms with Crippen molar-refractivity contribution in [2.24, 2.45) is 0 Å². The van der Waals surface area contributed by atoms with Crippen LogP contribution in [0.25, 0.3) is 0 Å². The van der Waals surface area contributed by atoms with Crippen molar-refractivity contribution >= 4 is 42.4 Å². The number of carbonyl (C=O) groups excluding carboxylic acids is 2. The number of amides is 2. The molecule has 1 aliphatic heterocycles. The molecule has 0 saturated carbocycles. The summed E-state index contributed by atoms with van der Waals surface area (Å²) in [6, 6.07) is 0. The van der Waals surface area contributed by atoms with Crippen LogP contribution in [0.5, 0.6) is 0 Å². The molecule has 5 N–H and O–H groups in total. The second-order valence-corrected chi connectivity index (χ2v) is 6.49. The van der Waals surface area contributed by atoms with E-state index >= 15 is 0 Å². The molecule has 0 aliphatic carbocycles. The lowest BCUT2D eigenvalue weighted by Crippen LogP contribution is -2.62. The van der Waals surface area contributed by atoms with E-state index in [1.807, 2.05) is 13.8 Å². The van der Waals surface area contributed by atoms with E-state index in [-0.39, 0.29) is 66.7 Å². The molecule has 10 nitrogen and oxygen atoms in total. The molecule has 4 unspecified atom stereocenters. The Bertz CT molecular complexity index is 694. The van der Waals surface area contributed by atoms with Gasteiger partial charge in [-0.3, -0.25) is 19.5 Å². The van der Waals surface area contributed by atoms with Crippen LogP contribution in [0, 0.1) is 0 Å². The molecule has 0 bridgehead atoms. The van der Waals surface area contributed by atoms with Crippen molar-refractivity contribution in [3.63, 3.8) is 0 Å². The minimum absolute atomic E-state index is 0. The maximum atomic E-state index is 12.7. The van der Waals surface area contributed by atoms with Crippen molar-refractivity contribution in [3.8, 4) is 0 Å². The van der Waals surface area contributed by atoms with E-state index in [4.69, 9.17) is 0 Å². The van der Waals surface area contributed by atoms with Crippen LogP contribution in [0.4, 0.5) is 5.82 Å². The van der Waals surface area contributed by atoms with Gasteiger partial charge < -0.3 is 20.6 Å². The molecule has 4 atom stereocenters. The van der Waals surface area contributed by atoms with Crippen LogP contribution in [-0.2, 0) is 9.59 Å². The lowest BCUT2D eigenvalue weighted by Gasteiger charge is -2.39. The lowest BCUT2D eigenvalue weighted by molar-refractivity contribution is -0.123. The Balaban J connectivity index is 0.00000392. The van der Waals surface area contributed by atoms with Crippen molar-refractivity contribution < 1.29 is 24.9 Å². The third-order valence-electron chi connectivity index (χ3n) is 4.13. The number of aliphatic hydroxyl groups is 3. The number of fused-ring (bicyclic) bond motifs is 1. The second-order valence-electron chi connectivity index (χ2n) is 6.49. The third-order valence-corrected chi connectivity index (χ3v) is 4.13. The zero-order valence-electron chi connectivity index (χ0n) is 16.5. The third kappa shape index (κ3) is 6.46. The number of carbonyl (C=O) groups is 2. The number of aliphatic hydroxyl groups excluding tert-OH is 3. The Kier molecular flexibility index (Phi) is 11.6. The van der Waals surface area contributed by atoms with Gasteiger partial charge in [0.2, 0.25) is 11.8 Å². The zero-order valence-corrected chi connectivity index (χ0v) is 18.2. The molecule has 0 aromatic carbocycles. The molecule has 0 radical (unpaired) electrons. The number of rotatable bonds is 7. The molecule has 2 heterocycles. The number of hydrogen-bond acceptors (Lipinski definition) is 8. The Labute approximate surface area is 181 Å². The van der Waals surface area contributed by atoms with E-state index in [0.717, 1.165) is 0 Å². The van der Waals surface area contributed by atoms with E-state index < -0.39 is 24.7 Å².